The number of ether oxygens (including phenoxy) is 1. The first-order valence-electron chi connectivity index (χ1n) is 8.35. The molecule has 23 heavy (non-hydrogen) atoms. The highest BCUT2D eigenvalue weighted by atomic mass is 35.5. The Bertz CT molecular complexity index is 457. The van der Waals surface area contributed by atoms with Crippen LogP contribution in [-0.2, 0) is 11.2 Å². The zero-order chi connectivity index (χ0) is 15.8. The predicted octanol–water partition coefficient (Wildman–Crippen LogP) is 2.80. The van der Waals surface area contributed by atoms with E-state index in [2.05, 4.69) is 36.6 Å². The van der Waals surface area contributed by atoms with Crippen LogP contribution in [0.3, 0.4) is 0 Å². The highest BCUT2D eigenvalue weighted by Crippen LogP contribution is 2.14. The molecule has 0 radical (unpaired) electrons. The molecule has 0 spiro atoms. The number of benzene rings is 1. The number of carbonyl (C=O) groups excluding carboxylic acids is 1. The fourth-order valence-electron chi connectivity index (χ4n) is 2.57. The monoisotopic (exact) mass is 340 g/mol. The van der Waals surface area contributed by atoms with Crippen molar-refractivity contribution in [2.45, 2.75) is 33.1 Å². The molecule has 1 aliphatic heterocycles. The van der Waals surface area contributed by atoms with Crippen LogP contribution in [0, 0.1) is 11.8 Å². The van der Waals surface area contributed by atoms with Gasteiger partial charge >= 0.3 is 0 Å². The van der Waals surface area contributed by atoms with Crippen molar-refractivity contribution in [3.63, 3.8) is 0 Å². The molecule has 1 atom stereocenters. The number of hydrogen-bond acceptors (Lipinski definition) is 3. The van der Waals surface area contributed by atoms with Crippen LogP contribution < -0.4 is 15.4 Å². The predicted molar refractivity (Wildman–Crippen MR) is 96.3 cm³/mol. The van der Waals surface area contributed by atoms with Crippen molar-refractivity contribution in [2.24, 2.45) is 11.8 Å². The van der Waals surface area contributed by atoms with E-state index in [4.69, 9.17) is 4.74 Å². The maximum atomic E-state index is 12.0. The van der Waals surface area contributed by atoms with Crippen LogP contribution in [0.15, 0.2) is 24.3 Å². The van der Waals surface area contributed by atoms with E-state index in [1.807, 2.05) is 12.1 Å². The van der Waals surface area contributed by atoms with Gasteiger partial charge in [-0.3, -0.25) is 4.79 Å². The lowest BCUT2D eigenvalue weighted by molar-refractivity contribution is -0.125. The Balaban J connectivity index is 0.00000264. The Labute approximate surface area is 145 Å². The van der Waals surface area contributed by atoms with Crippen molar-refractivity contribution in [3.05, 3.63) is 29.8 Å². The summed E-state index contributed by atoms with van der Waals surface area (Å²) in [6.45, 7) is 7.56. The first kappa shape index (κ1) is 19.8. The lowest BCUT2D eigenvalue weighted by atomic mass is 9.99. The van der Waals surface area contributed by atoms with Gasteiger partial charge in [0, 0.05) is 13.1 Å². The minimum Gasteiger partial charge on any atom is -0.493 e. The molecule has 0 bridgehead atoms. The van der Waals surface area contributed by atoms with E-state index in [-0.39, 0.29) is 24.2 Å². The minimum atomic E-state index is 0. The molecule has 1 fully saturated rings. The minimum absolute atomic E-state index is 0. The molecule has 1 amide bonds. The fourth-order valence-corrected chi connectivity index (χ4v) is 2.57. The van der Waals surface area contributed by atoms with Crippen LogP contribution in [0.5, 0.6) is 5.75 Å². The number of nitrogens with one attached hydrogen (secondary N) is 2. The van der Waals surface area contributed by atoms with E-state index in [1.165, 1.54) is 5.56 Å². The molecule has 1 aromatic carbocycles. The molecule has 2 rings (SSSR count). The second-order valence-electron chi connectivity index (χ2n) is 6.43. The summed E-state index contributed by atoms with van der Waals surface area (Å²) >= 11 is 0. The highest BCUT2D eigenvalue weighted by Gasteiger charge is 2.20. The van der Waals surface area contributed by atoms with E-state index in [9.17, 15) is 4.79 Å². The van der Waals surface area contributed by atoms with Crippen LogP contribution in [0.4, 0.5) is 0 Å². The Morgan fingerprint density at radius 1 is 1.35 bits per heavy atom. The lowest BCUT2D eigenvalue weighted by Crippen LogP contribution is -2.41. The zero-order valence-electron chi connectivity index (χ0n) is 14.1. The van der Waals surface area contributed by atoms with Crippen molar-refractivity contribution < 1.29 is 9.53 Å². The summed E-state index contributed by atoms with van der Waals surface area (Å²) in [6, 6.07) is 8.16. The van der Waals surface area contributed by atoms with Gasteiger partial charge in [-0.2, -0.15) is 0 Å². The summed E-state index contributed by atoms with van der Waals surface area (Å²) in [6.07, 6.45) is 2.95. The lowest BCUT2D eigenvalue weighted by Gasteiger charge is -2.21. The summed E-state index contributed by atoms with van der Waals surface area (Å²) in [7, 11) is 0. The molecule has 5 heteroatoms. The number of halogens is 1. The van der Waals surface area contributed by atoms with Gasteiger partial charge in [0.05, 0.1) is 12.5 Å². The quantitative estimate of drug-likeness (QED) is 0.802. The normalized spacial score (nSPS) is 17.4. The Kier molecular flexibility index (Phi) is 9.03. The third kappa shape index (κ3) is 7.23. The number of amides is 1. The molecule has 0 aromatic heterocycles. The molecule has 0 aliphatic carbocycles. The van der Waals surface area contributed by atoms with Crippen LogP contribution in [0.2, 0.25) is 0 Å². The highest BCUT2D eigenvalue weighted by molar-refractivity contribution is 5.85. The van der Waals surface area contributed by atoms with Crippen molar-refractivity contribution in [2.75, 3.05) is 26.2 Å². The zero-order valence-corrected chi connectivity index (χ0v) is 15.0. The van der Waals surface area contributed by atoms with E-state index in [0.29, 0.717) is 12.5 Å². The molecule has 1 aliphatic rings. The number of rotatable bonds is 7. The average Bonchev–Trinajstić information content (AvgIpc) is 2.55. The second kappa shape index (κ2) is 10.5. The Morgan fingerprint density at radius 3 is 2.70 bits per heavy atom. The smallest absolute Gasteiger partial charge is 0.224 e. The van der Waals surface area contributed by atoms with Crippen LogP contribution in [0.25, 0.3) is 0 Å². The summed E-state index contributed by atoms with van der Waals surface area (Å²) in [5.41, 5.74) is 1.22. The number of hydrogen-bond donors (Lipinski definition) is 2. The van der Waals surface area contributed by atoms with Crippen LogP contribution in [-0.4, -0.2) is 32.1 Å². The van der Waals surface area contributed by atoms with Gasteiger partial charge in [0.2, 0.25) is 5.91 Å². The molecule has 130 valence electrons. The number of piperidine rings is 1. The molecule has 1 unspecified atom stereocenters. The van der Waals surface area contributed by atoms with Crippen molar-refractivity contribution in [1.82, 2.24) is 10.6 Å². The molecular weight excluding hydrogens is 312 g/mol. The van der Waals surface area contributed by atoms with Crippen LogP contribution >= 0.6 is 12.4 Å². The summed E-state index contributed by atoms with van der Waals surface area (Å²) in [5.74, 6) is 1.77. The largest absolute Gasteiger partial charge is 0.493 e. The topological polar surface area (TPSA) is 50.4 Å². The van der Waals surface area contributed by atoms with Gasteiger partial charge in [0.15, 0.2) is 0 Å². The molecule has 0 saturated carbocycles. The molecule has 4 nitrogen and oxygen atoms in total. The van der Waals surface area contributed by atoms with Crippen molar-refractivity contribution in [3.8, 4) is 5.75 Å². The van der Waals surface area contributed by atoms with Gasteiger partial charge in [-0.05, 0) is 49.4 Å². The Morgan fingerprint density at radius 2 is 2.09 bits per heavy atom. The summed E-state index contributed by atoms with van der Waals surface area (Å²) < 4.78 is 5.67. The fraction of sp³-hybridized carbons (Fsp3) is 0.611. The standard InChI is InChI=1S/C18H28N2O2.ClH/c1-14(2)13-22-17-7-5-15(6-8-17)9-11-20-18(21)16-4-3-10-19-12-16;/h5-8,14,16,19H,3-4,9-13H2,1-2H3,(H,20,21);1H. The first-order chi connectivity index (χ1) is 10.6. The van der Waals surface area contributed by atoms with Gasteiger partial charge in [0.25, 0.3) is 0 Å². The second-order valence-corrected chi connectivity index (χ2v) is 6.43. The van der Waals surface area contributed by atoms with Crippen molar-refractivity contribution in [1.29, 1.82) is 0 Å². The van der Waals surface area contributed by atoms with Gasteiger partial charge in [0.1, 0.15) is 5.75 Å². The third-order valence-corrected chi connectivity index (χ3v) is 3.89. The van der Waals surface area contributed by atoms with E-state index in [1.54, 1.807) is 0 Å². The van der Waals surface area contributed by atoms with Gasteiger partial charge < -0.3 is 15.4 Å². The van der Waals surface area contributed by atoms with Gasteiger partial charge in [-0.1, -0.05) is 26.0 Å². The average molecular weight is 341 g/mol. The number of carbonyl (C=O) groups is 1. The summed E-state index contributed by atoms with van der Waals surface area (Å²) in [4.78, 5) is 12.0. The SMILES string of the molecule is CC(C)COc1ccc(CCNC(=O)C2CCCNC2)cc1.Cl. The van der Waals surface area contributed by atoms with Crippen molar-refractivity contribution >= 4 is 18.3 Å². The summed E-state index contributed by atoms with van der Waals surface area (Å²) in [5, 5.41) is 6.32. The van der Waals surface area contributed by atoms with Crippen LogP contribution in [0.1, 0.15) is 32.3 Å². The van der Waals surface area contributed by atoms with Gasteiger partial charge in [-0.15, -0.1) is 12.4 Å². The maximum absolute atomic E-state index is 12.0. The Hall–Kier alpha value is -1.26. The van der Waals surface area contributed by atoms with E-state index >= 15 is 0 Å². The van der Waals surface area contributed by atoms with E-state index in [0.717, 1.165) is 44.7 Å². The third-order valence-electron chi connectivity index (χ3n) is 3.89. The molecular formula is C18H29ClN2O2. The molecule has 2 N–H and O–H groups in total. The molecule has 1 saturated heterocycles. The molecule has 1 heterocycles. The molecule has 1 aromatic rings. The maximum Gasteiger partial charge on any atom is 0.224 e. The van der Waals surface area contributed by atoms with Gasteiger partial charge in [-0.25, -0.2) is 0 Å². The van der Waals surface area contributed by atoms with E-state index < -0.39 is 0 Å². The first-order valence-corrected chi connectivity index (χ1v) is 8.35.